The Kier molecular flexibility index (Phi) is 6.26. The molecule has 2 aromatic carbocycles. The summed E-state index contributed by atoms with van der Waals surface area (Å²) in [5.74, 6) is 0.783. The van der Waals surface area contributed by atoms with Crippen LogP contribution in [0.3, 0.4) is 0 Å². The molecule has 0 saturated heterocycles. The van der Waals surface area contributed by atoms with Crippen molar-refractivity contribution in [3.8, 4) is 0 Å². The molecule has 1 unspecified atom stereocenters. The van der Waals surface area contributed by atoms with Gasteiger partial charge in [0.05, 0.1) is 22.6 Å². The molecule has 28 heavy (non-hydrogen) atoms. The standard InChI is InChI=1S/C23H26O4S/c1-5-26-12-13-28-22(23(2,3)4)20(24)15-10-11-19-17(14-15)21(25)16-8-6-7-9-18(16)27-19/h6-11,14,22H,5,12-13H2,1-4H3. The van der Waals surface area contributed by atoms with Gasteiger partial charge in [-0.3, -0.25) is 9.59 Å². The molecular formula is C23H26O4S. The second kappa shape index (κ2) is 8.50. The lowest BCUT2D eigenvalue weighted by Gasteiger charge is -2.29. The van der Waals surface area contributed by atoms with Gasteiger partial charge in [-0.15, -0.1) is 11.8 Å². The fourth-order valence-corrected chi connectivity index (χ4v) is 4.43. The van der Waals surface area contributed by atoms with E-state index < -0.39 is 0 Å². The van der Waals surface area contributed by atoms with Crippen LogP contribution in [-0.4, -0.2) is 30.0 Å². The summed E-state index contributed by atoms with van der Waals surface area (Å²) < 4.78 is 11.3. The van der Waals surface area contributed by atoms with Gasteiger partial charge in [0, 0.05) is 17.9 Å². The molecule has 148 valence electrons. The summed E-state index contributed by atoms with van der Waals surface area (Å²) in [6, 6.07) is 12.3. The number of fused-ring (bicyclic) bond motifs is 2. The number of rotatable bonds is 7. The zero-order valence-electron chi connectivity index (χ0n) is 16.8. The lowest BCUT2D eigenvalue weighted by molar-refractivity contribution is 0.0950. The minimum Gasteiger partial charge on any atom is -0.456 e. The number of ether oxygens (including phenoxy) is 1. The molecule has 1 aromatic heterocycles. The van der Waals surface area contributed by atoms with Crippen LogP contribution in [0.25, 0.3) is 21.9 Å². The Morgan fingerprint density at radius 1 is 1.11 bits per heavy atom. The van der Waals surface area contributed by atoms with Crippen molar-refractivity contribution >= 4 is 39.5 Å². The first kappa shape index (κ1) is 20.6. The topological polar surface area (TPSA) is 56.5 Å². The predicted octanol–water partition coefficient (Wildman–Crippen LogP) is 5.31. The van der Waals surface area contributed by atoms with Gasteiger partial charge in [-0.1, -0.05) is 32.9 Å². The maximum Gasteiger partial charge on any atom is 0.200 e. The average Bonchev–Trinajstić information content (AvgIpc) is 2.66. The summed E-state index contributed by atoms with van der Waals surface area (Å²) in [4.78, 5) is 26.2. The van der Waals surface area contributed by atoms with Gasteiger partial charge in [0.15, 0.2) is 5.78 Å². The number of thioether (sulfide) groups is 1. The highest BCUT2D eigenvalue weighted by atomic mass is 32.2. The van der Waals surface area contributed by atoms with Gasteiger partial charge < -0.3 is 9.15 Å². The summed E-state index contributed by atoms with van der Waals surface area (Å²) in [5, 5.41) is 0.743. The molecule has 3 aromatic rings. The molecule has 0 aliphatic carbocycles. The molecule has 0 spiro atoms. The third kappa shape index (κ3) is 4.31. The number of para-hydroxylation sites is 1. The maximum atomic E-state index is 13.3. The number of carbonyl (C=O) groups is 1. The molecule has 0 amide bonds. The number of hydrogen-bond acceptors (Lipinski definition) is 5. The Morgan fingerprint density at radius 3 is 2.54 bits per heavy atom. The zero-order chi connectivity index (χ0) is 20.3. The highest BCUT2D eigenvalue weighted by molar-refractivity contribution is 8.00. The fourth-order valence-electron chi connectivity index (χ4n) is 3.20. The van der Waals surface area contributed by atoms with E-state index in [0.29, 0.717) is 40.7 Å². The van der Waals surface area contributed by atoms with Gasteiger partial charge in [-0.25, -0.2) is 0 Å². The monoisotopic (exact) mass is 398 g/mol. The van der Waals surface area contributed by atoms with Crippen molar-refractivity contribution in [1.82, 2.24) is 0 Å². The second-order valence-corrected chi connectivity index (χ2v) is 9.03. The van der Waals surface area contributed by atoms with E-state index in [4.69, 9.17) is 9.15 Å². The molecule has 0 fully saturated rings. The third-order valence-corrected chi connectivity index (χ3v) is 6.26. The summed E-state index contributed by atoms with van der Waals surface area (Å²) in [6.45, 7) is 9.43. The highest BCUT2D eigenvalue weighted by Gasteiger charge is 2.32. The van der Waals surface area contributed by atoms with E-state index in [1.54, 1.807) is 42.1 Å². The van der Waals surface area contributed by atoms with Crippen LogP contribution in [0.4, 0.5) is 0 Å². The minimum absolute atomic E-state index is 0.0310. The van der Waals surface area contributed by atoms with Gasteiger partial charge in [0.25, 0.3) is 0 Å². The van der Waals surface area contributed by atoms with Crippen LogP contribution in [0, 0.1) is 5.41 Å². The first-order chi connectivity index (χ1) is 13.3. The van der Waals surface area contributed by atoms with Crippen molar-refractivity contribution in [3.63, 3.8) is 0 Å². The molecule has 3 rings (SSSR count). The molecule has 0 aliphatic heterocycles. The molecule has 0 radical (unpaired) electrons. The van der Waals surface area contributed by atoms with Crippen molar-refractivity contribution in [2.45, 2.75) is 32.9 Å². The van der Waals surface area contributed by atoms with Gasteiger partial charge in [0.2, 0.25) is 5.43 Å². The number of carbonyl (C=O) groups excluding carboxylic acids is 1. The van der Waals surface area contributed by atoms with E-state index in [1.165, 1.54) is 0 Å². The Labute approximate surface area is 169 Å². The SMILES string of the molecule is CCOCCSC(C(=O)c1ccc2oc3ccccc3c(=O)c2c1)C(C)(C)C. The predicted molar refractivity (Wildman–Crippen MR) is 117 cm³/mol. The summed E-state index contributed by atoms with van der Waals surface area (Å²) >= 11 is 1.61. The Bertz CT molecular complexity index is 1050. The molecule has 4 nitrogen and oxygen atoms in total. The van der Waals surface area contributed by atoms with Crippen molar-refractivity contribution < 1.29 is 13.9 Å². The largest absolute Gasteiger partial charge is 0.456 e. The van der Waals surface area contributed by atoms with Crippen LogP contribution in [0.5, 0.6) is 0 Å². The van der Waals surface area contributed by atoms with Gasteiger partial charge >= 0.3 is 0 Å². The van der Waals surface area contributed by atoms with Crippen LogP contribution in [0.15, 0.2) is 51.7 Å². The molecule has 0 N–H and O–H groups in total. The Hall–Kier alpha value is -2.11. The molecule has 0 bridgehead atoms. The van der Waals surface area contributed by atoms with E-state index in [1.807, 2.05) is 19.1 Å². The molecule has 1 atom stereocenters. The normalized spacial score (nSPS) is 13.1. The van der Waals surface area contributed by atoms with Crippen molar-refractivity contribution in [1.29, 1.82) is 0 Å². The van der Waals surface area contributed by atoms with E-state index in [9.17, 15) is 9.59 Å². The first-order valence-corrected chi connectivity index (χ1v) is 10.6. The third-order valence-electron chi connectivity index (χ3n) is 4.60. The van der Waals surface area contributed by atoms with Crippen molar-refractivity contribution in [2.75, 3.05) is 19.0 Å². The van der Waals surface area contributed by atoms with Crippen LogP contribution in [0.2, 0.25) is 0 Å². The zero-order valence-corrected chi connectivity index (χ0v) is 17.6. The van der Waals surface area contributed by atoms with E-state index in [0.717, 1.165) is 5.75 Å². The van der Waals surface area contributed by atoms with E-state index in [2.05, 4.69) is 20.8 Å². The number of hydrogen-bond donors (Lipinski definition) is 0. The summed E-state index contributed by atoms with van der Waals surface area (Å²) in [5.41, 5.74) is 1.27. The molecule has 1 heterocycles. The number of Topliss-reactive ketones (excluding diaryl/α,β-unsaturated/α-hetero) is 1. The molecular weight excluding hydrogens is 372 g/mol. The van der Waals surface area contributed by atoms with Gasteiger partial charge in [-0.2, -0.15) is 0 Å². The van der Waals surface area contributed by atoms with Crippen molar-refractivity contribution in [3.05, 3.63) is 58.3 Å². The van der Waals surface area contributed by atoms with Crippen molar-refractivity contribution in [2.24, 2.45) is 5.41 Å². The lowest BCUT2D eigenvalue weighted by atomic mass is 9.87. The molecule has 5 heteroatoms. The molecule has 0 saturated carbocycles. The van der Waals surface area contributed by atoms with Gasteiger partial charge in [-0.05, 0) is 42.7 Å². The Balaban J connectivity index is 1.98. The average molecular weight is 399 g/mol. The highest BCUT2D eigenvalue weighted by Crippen LogP contribution is 2.33. The van der Waals surface area contributed by atoms with Crippen LogP contribution in [0.1, 0.15) is 38.1 Å². The Morgan fingerprint density at radius 2 is 1.82 bits per heavy atom. The quantitative estimate of drug-likeness (QED) is 0.306. The minimum atomic E-state index is -0.224. The second-order valence-electron chi connectivity index (χ2n) is 7.82. The van der Waals surface area contributed by atoms with Crippen LogP contribution < -0.4 is 5.43 Å². The van der Waals surface area contributed by atoms with Crippen LogP contribution >= 0.6 is 11.8 Å². The lowest BCUT2D eigenvalue weighted by Crippen LogP contribution is -2.32. The van der Waals surface area contributed by atoms with E-state index in [-0.39, 0.29) is 21.9 Å². The number of ketones is 1. The maximum absolute atomic E-state index is 13.3. The van der Waals surface area contributed by atoms with E-state index >= 15 is 0 Å². The first-order valence-electron chi connectivity index (χ1n) is 9.52. The molecule has 0 aliphatic rings. The van der Waals surface area contributed by atoms with Gasteiger partial charge in [0.1, 0.15) is 11.2 Å². The number of benzene rings is 2. The van der Waals surface area contributed by atoms with Crippen LogP contribution in [-0.2, 0) is 4.74 Å². The summed E-state index contributed by atoms with van der Waals surface area (Å²) in [6.07, 6.45) is 0. The fraction of sp³-hybridized carbons (Fsp3) is 0.391. The smallest absolute Gasteiger partial charge is 0.200 e. The summed E-state index contributed by atoms with van der Waals surface area (Å²) in [7, 11) is 0.